The van der Waals surface area contributed by atoms with Gasteiger partial charge in [0.2, 0.25) is 0 Å². The first-order chi connectivity index (χ1) is 8.68. The maximum Gasteiger partial charge on any atom is 0.194 e. The maximum atomic E-state index is 9.71. The van der Waals surface area contributed by atoms with Crippen molar-refractivity contribution in [3.63, 3.8) is 0 Å². The highest BCUT2D eigenvalue weighted by atomic mass is 28.4. The molecule has 0 saturated heterocycles. The highest BCUT2D eigenvalue weighted by molar-refractivity contribution is 6.74. The van der Waals surface area contributed by atoms with Crippen molar-refractivity contribution < 1.29 is 4.43 Å². The van der Waals surface area contributed by atoms with E-state index < -0.39 is 13.9 Å². The standard InChI is InChI=1S/C16H25NOSi/c1-7-16(13-17,14-11-9-8-10-12-14)18-19(5,6)15(2,3)4/h8-12H,7H2,1-6H3. The van der Waals surface area contributed by atoms with Gasteiger partial charge in [-0.15, -0.1) is 0 Å². The Morgan fingerprint density at radius 3 is 2.05 bits per heavy atom. The van der Waals surface area contributed by atoms with E-state index in [1.807, 2.05) is 37.3 Å². The van der Waals surface area contributed by atoms with Crippen LogP contribution < -0.4 is 0 Å². The summed E-state index contributed by atoms with van der Waals surface area (Å²) < 4.78 is 6.45. The summed E-state index contributed by atoms with van der Waals surface area (Å²) in [6.45, 7) is 13.0. The third-order valence-corrected chi connectivity index (χ3v) is 8.63. The van der Waals surface area contributed by atoms with E-state index in [0.717, 1.165) is 5.56 Å². The summed E-state index contributed by atoms with van der Waals surface area (Å²) in [6, 6.07) is 12.3. The van der Waals surface area contributed by atoms with Crippen LogP contribution in [0.5, 0.6) is 0 Å². The first kappa shape index (κ1) is 15.9. The molecule has 0 N–H and O–H groups in total. The van der Waals surface area contributed by atoms with Crippen LogP contribution in [-0.2, 0) is 10.0 Å². The third kappa shape index (κ3) is 3.26. The molecule has 104 valence electrons. The van der Waals surface area contributed by atoms with E-state index in [2.05, 4.69) is 39.9 Å². The molecular formula is C16H25NOSi. The van der Waals surface area contributed by atoms with Gasteiger partial charge in [0.05, 0.1) is 0 Å². The lowest BCUT2D eigenvalue weighted by Crippen LogP contribution is -2.47. The van der Waals surface area contributed by atoms with Crippen LogP contribution >= 0.6 is 0 Å². The first-order valence-electron chi connectivity index (χ1n) is 6.85. The molecule has 0 radical (unpaired) electrons. The fourth-order valence-corrected chi connectivity index (χ4v) is 3.28. The maximum absolute atomic E-state index is 9.71. The number of hydrogen-bond acceptors (Lipinski definition) is 2. The quantitative estimate of drug-likeness (QED) is 0.737. The predicted octanol–water partition coefficient (Wildman–Crippen LogP) is 4.84. The third-order valence-electron chi connectivity index (χ3n) is 4.15. The van der Waals surface area contributed by atoms with Gasteiger partial charge in [0.1, 0.15) is 6.07 Å². The number of benzene rings is 1. The lowest BCUT2D eigenvalue weighted by atomic mass is 9.93. The second kappa shape index (κ2) is 5.48. The molecule has 2 nitrogen and oxygen atoms in total. The van der Waals surface area contributed by atoms with Gasteiger partial charge in [-0.2, -0.15) is 5.26 Å². The second-order valence-corrected chi connectivity index (χ2v) is 11.2. The summed E-state index contributed by atoms with van der Waals surface area (Å²) in [5.41, 5.74) is 0.148. The summed E-state index contributed by atoms with van der Waals surface area (Å²) >= 11 is 0. The highest BCUT2D eigenvalue weighted by Crippen LogP contribution is 2.42. The van der Waals surface area contributed by atoms with Crippen molar-refractivity contribution in [3.05, 3.63) is 35.9 Å². The van der Waals surface area contributed by atoms with Crippen molar-refractivity contribution in [1.82, 2.24) is 0 Å². The van der Waals surface area contributed by atoms with Gasteiger partial charge < -0.3 is 4.43 Å². The summed E-state index contributed by atoms with van der Waals surface area (Å²) in [7, 11) is -1.99. The van der Waals surface area contributed by atoms with Crippen molar-refractivity contribution in [2.45, 2.75) is 57.8 Å². The first-order valence-corrected chi connectivity index (χ1v) is 9.76. The summed E-state index contributed by atoms with van der Waals surface area (Å²) in [6.07, 6.45) is 0.667. The van der Waals surface area contributed by atoms with E-state index in [1.165, 1.54) is 0 Å². The minimum absolute atomic E-state index is 0.0963. The average Bonchev–Trinajstić information content (AvgIpc) is 2.36. The van der Waals surface area contributed by atoms with Gasteiger partial charge in [0, 0.05) is 0 Å². The summed E-state index contributed by atoms with van der Waals surface area (Å²) in [4.78, 5) is 0. The van der Waals surface area contributed by atoms with Gasteiger partial charge in [-0.05, 0) is 30.1 Å². The van der Waals surface area contributed by atoms with Crippen LogP contribution in [0.15, 0.2) is 30.3 Å². The van der Waals surface area contributed by atoms with Crippen LogP contribution in [0.3, 0.4) is 0 Å². The largest absolute Gasteiger partial charge is 0.396 e. The van der Waals surface area contributed by atoms with Gasteiger partial charge in [-0.1, -0.05) is 58.0 Å². The van der Waals surface area contributed by atoms with Crippen LogP contribution in [-0.4, -0.2) is 8.32 Å². The smallest absolute Gasteiger partial charge is 0.194 e. The van der Waals surface area contributed by atoms with Crippen molar-refractivity contribution in [2.75, 3.05) is 0 Å². The molecule has 1 unspecified atom stereocenters. The van der Waals surface area contributed by atoms with Crippen LogP contribution in [0.4, 0.5) is 0 Å². The van der Waals surface area contributed by atoms with Gasteiger partial charge in [-0.25, -0.2) is 0 Å². The molecule has 0 bridgehead atoms. The van der Waals surface area contributed by atoms with Gasteiger partial charge >= 0.3 is 0 Å². The average molecular weight is 275 g/mol. The second-order valence-electron chi connectivity index (χ2n) is 6.52. The molecule has 0 aliphatic heterocycles. The lowest BCUT2D eigenvalue weighted by molar-refractivity contribution is 0.104. The molecule has 1 aromatic carbocycles. The van der Waals surface area contributed by atoms with Crippen molar-refractivity contribution in [3.8, 4) is 6.07 Å². The van der Waals surface area contributed by atoms with Gasteiger partial charge in [-0.3, -0.25) is 0 Å². The molecule has 1 rings (SSSR count). The molecule has 0 aliphatic carbocycles. The molecule has 3 heteroatoms. The monoisotopic (exact) mass is 275 g/mol. The SMILES string of the molecule is CCC(C#N)(O[Si](C)(C)C(C)(C)C)c1ccccc1. The Kier molecular flexibility index (Phi) is 4.60. The number of nitrogens with zero attached hydrogens (tertiary/aromatic N) is 1. The Hall–Kier alpha value is -1.11. The highest BCUT2D eigenvalue weighted by Gasteiger charge is 2.45. The molecule has 0 heterocycles. The minimum atomic E-state index is -1.99. The molecule has 0 saturated carbocycles. The van der Waals surface area contributed by atoms with Crippen LogP contribution in [0.1, 0.15) is 39.7 Å². The fourth-order valence-electron chi connectivity index (χ4n) is 1.80. The molecular weight excluding hydrogens is 250 g/mol. The normalized spacial score (nSPS) is 15.6. The Morgan fingerprint density at radius 1 is 1.16 bits per heavy atom. The summed E-state index contributed by atoms with van der Waals surface area (Å²) in [5.74, 6) is 0. The van der Waals surface area contributed by atoms with Crippen molar-refractivity contribution in [1.29, 1.82) is 5.26 Å². The molecule has 19 heavy (non-hydrogen) atoms. The van der Waals surface area contributed by atoms with Crippen LogP contribution in [0, 0.1) is 11.3 Å². The number of hydrogen-bond donors (Lipinski definition) is 0. The lowest BCUT2D eigenvalue weighted by Gasteiger charge is -2.42. The topological polar surface area (TPSA) is 33.0 Å². The molecule has 1 atom stereocenters. The minimum Gasteiger partial charge on any atom is -0.396 e. The van der Waals surface area contributed by atoms with Crippen molar-refractivity contribution >= 4 is 8.32 Å². The van der Waals surface area contributed by atoms with E-state index in [4.69, 9.17) is 4.43 Å². The molecule has 1 aromatic rings. The molecule has 0 amide bonds. The Balaban J connectivity index is 3.21. The predicted molar refractivity (Wildman–Crippen MR) is 82.3 cm³/mol. The van der Waals surface area contributed by atoms with Gasteiger partial charge in [0.25, 0.3) is 0 Å². The Morgan fingerprint density at radius 2 is 1.68 bits per heavy atom. The molecule has 0 aliphatic rings. The molecule has 0 fully saturated rings. The van der Waals surface area contributed by atoms with E-state index >= 15 is 0 Å². The number of nitriles is 1. The van der Waals surface area contributed by atoms with E-state index in [0.29, 0.717) is 6.42 Å². The fraction of sp³-hybridized carbons (Fsp3) is 0.562. The van der Waals surface area contributed by atoms with Crippen molar-refractivity contribution in [2.24, 2.45) is 0 Å². The van der Waals surface area contributed by atoms with Crippen LogP contribution in [0.2, 0.25) is 18.1 Å². The Labute approximate surface area is 118 Å². The molecule has 0 spiro atoms. The van der Waals surface area contributed by atoms with E-state index in [1.54, 1.807) is 0 Å². The van der Waals surface area contributed by atoms with E-state index in [9.17, 15) is 5.26 Å². The zero-order valence-electron chi connectivity index (χ0n) is 12.9. The van der Waals surface area contributed by atoms with E-state index in [-0.39, 0.29) is 5.04 Å². The summed E-state index contributed by atoms with van der Waals surface area (Å²) in [5, 5.41) is 9.80. The number of rotatable bonds is 4. The molecule has 0 aromatic heterocycles. The zero-order valence-corrected chi connectivity index (χ0v) is 13.9. The van der Waals surface area contributed by atoms with Crippen LogP contribution in [0.25, 0.3) is 0 Å². The van der Waals surface area contributed by atoms with Gasteiger partial charge in [0.15, 0.2) is 13.9 Å². The zero-order chi connectivity index (χ0) is 14.7. The Bertz CT molecular complexity index is 456.